The SMILES string of the molecule is COc1cc(S(=O)(=O)N(C)c2ccccc2F)cc(C(=O)O)c1OC. The molecule has 0 radical (unpaired) electrons. The Hall–Kier alpha value is -2.81. The summed E-state index contributed by atoms with van der Waals surface area (Å²) in [7, 11) is -0.572. The van der Waals surface area contributed by atoms with E-state index in [9.17, 15) is 22.7 Å². The number of para-hydroxylation sites is 1. The van der Waals surface area contributed by atoms with E-state index in [1.165, 1.54) is 39.5 Å². The summed E-state index contributed by atoms with van der Waals surface area (Å²) in [5.74, 6) is -2.29. The van der Waals surface area contributed by atoms with Crippen LogP contribution in [-0.4, -0.2) is 40.8 Å². The van der Waals surface area contributed by atoms with Gasteiger partial charge in [-0.25, -0.2) is 17.6 Å². The number of hydrogen-bond donors (Lipinski definition) is 1. The van der Waals surface area contributed by atoms with E-state index in [0.717, 1.165) is 22.5 Å². The average Bonchev–Trinajstić information content (AvgIpc) is 2.59. The van der Waals surface area contributed by atoms with Crippen molar-refractivity contribution in [1.82, 2.24) is 0 Å². The molecule has 0 saturated carbocycles. The summed E-state index contributed by atoms with van der Waals surface area (Å²) in [6.07, 6.45) is 0. The Balaban J connectivity index is 2.65. The van der Waals surface area contributed by atoms with Gasteiger partial charge >= 0.3 is 5.97 Å². The highest BCUT2D eigenvalue weighted by Gasteiger charge is 2.28. The third-order valence-electron chi connectivity index (χ3n) is 3.53. The zero-order chi connectivity index (χ0) is 18.8. The summed E-state index contributed by atoms with van der Waals surface area (Å²) in [5.41, 5.74) is -0.559. The molecule has 0 aliphatic rings. The monoisotopic (exact) mass is 369 g/mol. The van der Waals surface area contributed by atoms with E-state index < -0.39 is 21.8 Å². The van der Waals surface area contributed by atoms with E-state index in [4.69, 9.17) is 9.47 Å². The molecule has 2 rings (SSSR count). The van der Waals surface area contributed by atoms with E-state index in [2.05, 4.69) is 0 Å². The number of aromatic carboxylic acids is 1. The highest BCUT2D eigenvalue weighted by atomic mass is 32.2. The maximum Gasteiger partial charge on any atom is 0.339 e. The third kappa shape index (κ3) is 3.36. The summed E-state index contributed by atoms with van der Waals surface area (Å²) in [6, 6.07) is 7.40. The zero-order valence-electron chi connectivity index (χ0n) is 13.7. The molecule has 0 fully saturated rings. The molecule has 0 atom stereocenters. The fourth-order valence-electron chi connectivity index (χ4n) is 2.24. The Bertz CT molecular complexity index is 913. The van der Waals surface area contributed by atoms with Gasteiger partial charge in [-0.2, -0.15) is 0 Å². The van der Waals surface area contributed by atoms with Crippen LogP contribution in [0.5, 0.6) is 11.5 Å². The lowest BCUT2D eigenvalue weighted by molar-refractivity contribution is 0.0692. The fraction of sp³-hybridized carbons (Fsp3) is 0.188. The van der Waals surface area contributed by atoms with Crippen molar-refractivity contribution < 1.29 is 32.2 Å². The Kier molecular flexibility index (Phi) is 5.17. The minimum atomic E-state index is -4.23. The van der Waals surface area contributed by atoms with Crippen LogP contribution in [0.4, 0.5) is 10.1 Å². The minimum Gasteiger partial charge on any atom is -0.493 e. The molecule has 0 bridgehead atoms. The number of anilines is 1. The summed E-state index contributed by atoms with van der Waals surface area (Å²) in [6.45, 7) is 0. The highest BCUT2D eigenvalue weighted by Crippen LogP contribution is 2.36. The first kappa shape index (κ1) is 18.5. The molecule has 2 aromatic carbocycles. The van der Waals surface area contributed by atoms with Crippen LogP contribution < -0.4 is 13.8 Å². The van der Waals surface area contributed by atoms with Crippen molar-refractivity contribution in [3.63, 3.8) is 0 Å². The molecule has 0 amide bonds. The Morgan fingerprint density at radius 1 is 1.16 bits per heavy atom. The molecule has 25 heavy (non-hydrogen) atoms. The third-order valence-corrected chi connectivity index (χ3v) is 5.28. The second kappa shape index (κ2) is 6.98. The van der Waals surface area contributed by atoms with Gasteiger partial charge in [0.2, 0.25) is 0 Å². The van der Waals surface area contributed by atoms with Crippen LogP contribution in [0.15, 0.2) is 41.3 Å². The van der Waals surface area contributed by atoms with Gasteiger partial charge in [0.05, 0.1) is 24.8 Å². The molecule has 0 aliphatic carbocycles. The quantitative estimate of drug-likeness (QED) is 0.840. The van der Waals surface area contributed by atoms with Gasteiger partial charge in [-0.15, -0.1) is 0 Å². The van der Waals surface area contributed by atoms with Crippen LogP contribution in [0, 0.1) is 5.82 Å². The average molecular weight is 369 g/mol. The number of carboxylic acid groups (broad SMARTS) is 1. The first-order valence-electron chi connectivity index (χ1n) is 6.96. The van der Waals surface area contributed by atoms with Gasteiger partial charge in [0.25, 0.3) is 10.0 Å². The molecule has 0 aromatic heterocycles. The van der Waals surface area contributed by atoms with Gasteiger partial charge in [0.15, 0.2) is 11.5 Å². The molecule has 0 saturated heterocycles. The number of ether oxygens (including phenoxy) is 2. The van der Waals surface area contributed by atoms with Crippen LogP contribution in [0.2, 0.25) is 0 Å². The maximum absolute atomic E-state index is 13.9. The van der Waals surface area contributed by atoms with Crippen molar-refractivity contribution in [2.75, 3.05) is 25.6 Å². The molecule has 134 valence electrons. The maximum atomic E-state index is 13.9. The van der Waals surface area contributed by atoms with Crippen molar-refractivity contribution >= 4 is 21.7 Å². The van der Waals surface area contributed by atoms with Crippen molar-refractivity contribution in [3.8, 4) is 11.5 Å². The molecule has 0 aliphatic heterocycles. The van der Waals surface area contributed by atoms with E-state index >= 15 is 0 Å². The zero-order valence-corrected chi connectivity index (χ0v) is 14.5. The molecular formula is C16H16FNO6S. The first-order chi connectivity index (χ1) is 11.7. The molecule has 9 heteroatoms. The topological polar surface area (TPSA) is 93.1 Å². The number of sulfonamides is 1. The number of benzene rings is 2. The molecule has 1 N–H and O–H groups in total. The number of halogens is 1. The second-order valence-electron chi connectivity index (χ2n) is 4.94. The van der Waals surface area contributed by atoms with E-state index in [0.29, 0.717) is 0 Å². The van der Waals surface area contributed by atoms with E-state index in [1.807, 2.05) is 0 Å². The molecular weight excluding hydrogens is 353 g/mol. The van der Waals surface area contributed by atoms with Crippen LogP contribution in [-0.2, 0) is 10.0 Å². The minimum absolute atomic E-state index is 0.0668. The Morgan fingerprint density at radius 2 is 1.80 bits per heavy atom. The van der Waals surface area contributed by atoms with Crippen LogP contribution in [0.25, 0.3) is 0 Å². The van der Waals surface area contributed by atoms with Gasteiger partial charge in [0.1, 0.15) is 11.4 Å². The number of nitrogens with zero attached hydrogens (tertiary/aromatic N) is 1. The number of methoxy groups -OCH3 is 2. The normalized spacial score (nSPS) is 11.0. The second-order valence-corrected chi connectivity index (χ2v) is 6.90. The van der Waals surface area contributed by atoms with Crippen molar-refractivity contribution in [1.29, 1.82) is 0 Å². The van der Waals surface area contributed by atoms with Gasteiger partial charge in [-0.1, -0.05) is 12.1 Å². The smallest absolute Gasteiger partial charge is 0.339 e. The van der Waals surface area contributed by atoms with Crippen molar-refractivity contribution in [3.05, 3.63) is 47.8 Å². The van der Waals surface area contributed by atoms with Crippen LogP contribution >= 0.6 is 0 Å². The fourth-order valence-corrected chi connectivity index (χ4v) is 3.49. The number of rotatable bonds is 6. The predicted octanol–water partition coefficient (Wildman–Crippen LogP) is 2.37. The predicted molar refractivity (Wildman–Crippen MR) is 88.5 cm³/mol. The lowest BCUT2D eigenvalue weighted by atomic mass is 10.2. The summed E-state index contributed by atoms with van der Waals surface area (Å²) in [4.78, 5) is 11.1. The molecule has 2 aromatic rings. The number of carboxylic acids is 1. The molecule has 0 spiro atoms. The van der Waals surface area contributed by atoms with Gasteiger partial charge < -0.3 is 14.6 Å². The Labute approximate surface area is 144 Å². The molecule has 7 nitrogen and oxygen atoms in total. The van der Waals surface area contributed by atoms with Gasteiger partial charge in [-0.3, -0.25) is 4.31 Å². The van der Waals surface area contributed by atoms with Crippen molar-refractivity contribution in [2.45, 2.75) is 4.90 Å². The first-order valence-corrected chi connectivity index (χ1v) is 8.40. The van der Waals surface area contributed by atoms with Crippen LogP contribution in [0.1, 0.15) is 10.4 Å². The van der Waals surface area contributed by atoms with Crippen molar-refractivity contribution in [2.24, 2.45) is 0 Å². The van der Waals surface area contributed by atoms with E-state index in [1.54, 1.807) is 0 Å². The van der Waals surface area contributed by atoms with Crippen LogP contribution in [0.3, 0.4) is 0 Å². The lowest BCUT2D eigenvalue weighted by Gasteiger charge is -2.21. The summed E-state index contributed by atoms with van der Waals surface area (Å²) >= 11 is 0. The Morgan fingerprint density at radius 3 is 2.32 bits per heavy atom. The summed E-state index contributed by atoms with van der Waals surface area (Å²) < 4.78 is 50.3. The molecule has 0 unspecified atom stereocenters. The number of hydrogen-bond acceptors (Lipinski definition) is 5. The van der Waals surface area contributed by atoms with E-state index in [-0.39, 0.29) is 27.6 Å². The highest BCUT2D eigenvalue weighted by molar-refractivity contribution is 7.92. The largest absolute Gasteiger partial charge is 0.493 e. The lowest BCUT2D eigenvalue weighted by Crippen LogP contribution is -2.27. The van der Waals surface area contributed by atoms with Gasteiger partial charge in [-0.05, 0) is 18.2 Å². The summed E-state index contributed by atoms with van der Waals surface area (Å²) in [5, 5.41) is 9.30. The number of carbonyl (C=O) groups is 1. The molecule has 0 heterocycles. The standard InChI is InChI=1S/C16H16FNO6S/c1-18(13-7-5-4-6-12(13)17)25(21,22)10-8-11(16(19)20)15(24-3)14(9-10)23-2/h4-9H,1-3H3,(H,19,20). The van der Waals surface area contributed by atoms with Gasteiger partial charge in [0, 0.05) is 13.1 Å².